The lowest BCUT2D eigenvalue weighted by Crippen LogP contribution is -2.33. The monoisotopic (exact) mass is 271 g/mol. The molecule has 2 aromatic carbocycles. The molecule has 1 amide bonds. The summed E-state index contributed by atoms with van der Waals surface area (Å²) in [4.78, 5) is 23.3. The molecule has 20 heavy (non-hydrogen) atoms. The van der Waals surface area contributed by atoms with Crippen molar-refractivity contribution < 1.29 is 19.8 Å². The summed E-state index contributed by atoms with van der Waals surface area (Å²) in [5.41, 5.74) is 0.681. The fraction of sp³-hybridized carbons (Fsp3) is 0.0667. The highest BCUT2D eigenvalue weighted by molar-refractivity contribution is 5.97. The van der Waals surface area contributed by atoms with Crippen LogP contribution in [0, 0.1) is 0 Å². The van der Waals surface area contributed by atoms with Crippen LogP contribution < -0.4 is 5.32 Å². The average molecular weight is 271 g/mol. The fourth-order valence-electron chi connectivity index (χ4n) is 1.79. The number of aromatic hydroxyl groups is 1. The lowest BCUT2D eigenvalue weighted by Gasteiger charge is -2.15. The molecule has 2 aromatic rings. The van der Waals surface area contributed by atoms with Crippen LogP contribution in [-0.4, -0.2) is 22.1 Å². The summed E-state index contributed by atoms with van der Waals surface area (Å²) in [5.74, 6) is -1.76. The number of carbonyl (C=O) groups excluding carboxylic acids is 1. The molecule has 1 unspecified atom stereocenters. The van der Waals surface area contributed by atoms with Crippen molar-refractivity contribution in [1.29, 1.82) is 0 Å². The van der Waals surface area contributed by atoms with Crippen LogP contribution in [0.4, 0.5) is 0 Å². The molecule has 0 bridgehead atoms. The molecule has 0 saturated heterocycles. The maximum Gasteiger partial charge on any atom is 0.330 e. The van der Waals surface area contributed by atoms with Gasteiger partial charge >= 0.3 is 5.97 Å². The molecule has 5 heteroatoms. The third-order valence-corrected chi connectivity index (χ3v) is 2.76. The van der Waals surface area contributed by atoms with E-state index in [1.165, 1.54) is 24.3 Å². The number of aliphatic carboxylic acids is 1. The zero-order valence-corrected chi connectivity index (χ0v) is 10.5. The van der Waals surface area contributed by atoms with Crippen molar-refractivity contribution in [3.05, 3.63) is 65.7 Å². The second-order valence-corrected chi connectivity index (χ2v) is 4.21. The molecule has 0 aromatic heterocycles. The first kappa shape index (κ1) is 13.6. The first-order valence-corrected chi connectivity index (χ1v) is 5.95. The molecular formula is C15H13NO4. The number of nitrogens with one attached hydrogen (secondary N) is 1. The molecule has 0 fully saturated rings. The van der Waals surface area contributed by atoms with E-state index in [0.29, 0.717) is 5.56 Å². The number of phenolic OH excluding ortho intramolecular Hbond substituents is 1. The summed E-state index contributed by atoms with van der Waals surface area (Å²) < 4.78 is 0. The molecule has 2 rings (SSSR count). The van der Waals surface area contributed by atoms with Gasteiger partial charge in [-0.15, -0.1) is 0 Å². The van der Waals surface area contributed by atoms with Gasteiger partial charge in [-0.2, -0.15) is 0 Å². The second kappa shape index (κ2) is 5.88. The van der Waals surface area contributed by atoms with Crippen molar-refractivity contribution in [2.75, 3.05) is 0 Å². The van der Waals surface area contributed by atoms with Crippen molar-refractivity contribution in [1.82, 2.24) is 5.32 Å². The van der Waals surface area contributed by atoms with E-state index < -0.39 is 17.9 Å². The van der Waals surface area contributed by atoms with Crippen molar-refractivity contribution in [3.63, 3.8) is 0 Å². The number of rotatable bonds is 4. The van der Waals surface area contributed by atoms with Crippen LogP contribution in [0.1, 0.15) is 22.0 Å². The van der Waals surface area contributed by atoms with Gasteiger partial charge in [0.2, 0.25) is 0 Å². The van der Waals surface area contributed by atoms with E-state index in [1.807, 2.05) is 0 Å². The highest BCUT2D eigenvalue weighted by atomic mass is 16.4. The van der Waals surface area contributed by atoms with Crippen molar-refractivity contribution >= 4 is 11.9 Å². The van der Waals surface area contributed by atoms with Gasteiger partial charge in [0.15, 0.2) is 6.04 Å². The van der Waals surface area contributed by atoms with Crippen LogP contribution in [0.5, 0.6) is 5.75 Å². The summed E-state index contributed by atoms with van der Waals surface area (Å²) >= 11 is 0. The molecule has 5 nitrogen and oxygen atoms in total. The molecule has 0 heterocycles. The van der Waals surface area contributed by atoms with E-state index in [9.17, 15) is 19.8 Å². The van der Waals surface area contributed by atoms with E-state index >= 15 is 0 Å². The third-order valence-electron chi connectivity index (χ3n) is 2.76. The number of hydrogen-bond acceptors (Lipinski definition) is 3. The zero-order valence-electron chi connectivity index (χ0n) is 10.5. The number of carbonyl (C=O) groups is 2. The molecule has 0 aliphatic rings. The van der Waals surface area contributed by atoms with Gasteiger partial charge in [0, 0.05) is 5.56 Å². The van der Waals surface area contributed by atoms with Crippen molar-refractivity contribution in [2.45, 2.75) is 6.04 Å². The lowest BCUT2D eigenvalue weighted by atomic mass is 10.1. The van der Waals surface area contributed by atoms with E-state index in [1.54, 1.807) is 30.3 Å². The third kappa shape index (κ3) is 3.14. The summed E-state index contributed by atoms with van der Waals surface area (Å²) in [6, 6.07) is 13.0. The second-order valence-electron chi connectivity index (χ2n) is 4.21. The Kier molecular flexibility index (Phi) is 4.00. The van der Waals surface area contributed by atoms with Crippen LogP contribution in [-0.2, 0) is 4.79 Å². The molecule has 0 spiro atoms. The van der Waals surface area contributed by atoms with Crippen LogP contribution in [0.25, 0.3) is 0 Å². The van der Waals surface area contributed by atoms with E-state index in [0.717, 1.165) is 0 Å². The number of benzene rings is 2. The quantitative estimate of drug-likeness (QED) is 0.793. The van der Waals surface area contributed by atoms with Gasteiger partial charge in [0.25, 0.3) is 5.91 Å². The molecule has 0 saturated carbocycles. The number of carboxylic acids is 1. The van der Waals surface area contributed by atoms with Gasteiger partial charge in [-0.1, -0.05) is 36.4 Å². The van der Waals surface area contributed by atoms with Crippen molar-refractivity contribution in [2.24, 2.45) is 0 Å². The Labute approximate surface area is 115 Å². The number of phenols is 1. The van der Waals surface area contributed by atoms with Crippen molar-refractivity contribution in [3.8, 4) is 5.75 Å². The SMILES string of the molecule is O=C(NC(C(=O)O)c1ccccc1)c1cccc(O)c1. The van der Waals surface area contributed by atoms with E-state index in [-0.39, 0.29) is 11.3 Å². The normalized spacial score (nSPS) is 11.6. The smallest absolute Gasteiger partial charge is 0.330 e. The van der Waals surface area contributed by atoms with Crippen LogP contribution in [0.15, 0.2) is 54.6 Å². The molecule has 3 N–H and O–H groups in total. The average Bonchev–Trinajstić information content (AvgIpc) is 2.45. The summed E-state index contributed by atoms with van der Waals surface area (Å²) in [7, 11) is 0. The van der Waals surface area contributed by atoms with Crippen LogP contribution in [0.3, 0.4) is 0 Å². The minimum absolute atomic E-state index is 0.0516. The Bertz CT molecular complexity index is 625. The van der Waals surface area contributed by atoms with E-state index in [4.69, 9.17) is 0 Å². The van der Waals surface area contributed by atoms with Gasteiger partial charge in [0.1, 0.15) is 5.75 Å². The Morgan fingerprint density at radius 1 is 1.00 bits per heavy atom. The summed E-state index contributed by atoms with van der Waals surface area (Å²) in [6.45, 7) is 0. The Balaban J connectivity index is 2.21. The lowest BCUT2D eigenvalue weighted by molar-refractivity contribution is -0.139. The van der Waals surface area contributed by atoms with Gasteiger partial charge in [-0.05, 0) is 23.8 Å². The first-order valence-electron chi connectivity index (χ1n) is 5.95. The maximum atomic E-state index is 12.0. The number of hydrogen-bond donors (Lipinski definition) is 3. The molecule has 0 radical (unpaired) electrons. The van der Waals surface area contributed by atoms with Gasteiger partial charge in [-0.25, -0.2) is 4.79 Å². The van der Waals surface area contributed by atoms with Crippen LogP contribution >= 0.6 is 0 Å². The standard InChI is InChI=1S/C15H13NO4/c17-12-8-4-7-11(9-12)14(18)16-13(15(19)20)10-5-2-1-3-6-10/h1-9,13,17H,(H,16,18)(H,19,20). The van der Waals surface area contributed by atoms with Gasteiger partial charge in [-0.3, -0.25) is 4.79 Å². The molecule has 0 aliphatic carbocycles. The largest absolute Gasteiger partial charge is 0.508 e. The topological polar surface area (TPSA) is 86.6 Å². The van der Waals surface area contributed by atoms with Gasteiger partial charge in [0.05, 0.1) is 0 Å². The zero-order chi connectivity index (χ0) is 14.5. The highest BCUT2D eigenvalue weighted by Crippen LogP contribution is 2.15. The first-order chi connectivity index (χ1) is 9.58. The highest BCUT2D eigenvalue weighted by Gasteiger charge is 2.22. The predicted molar refractivity (Wildman–Crippen MR) is 72.4 cm³/mol. The molecule has 0 aliphatic heterocycles. The summed E-state index contributed by atoms with van der Waals surface area (Å²) in [5, 5.41) is 21.0. The predicted octanol–water partition coefficient (Wildman–Crippen LogP) is 1.95. The Morgan fingerprint density at radius 3 is 2.30 bits per heavy atom. The summed E-state index contributed by atoms with van der Waals surface area (Å²) in [6.07, 6.45) is 0. The van der Waals surface area contributed by atoms with Crippen LogP contribution in [0.2, 0.25) is 0 Å². The number of amides is 1. The fourth-order valence-corrected chi connectivity index (χ4v) is 1.79. The number of carboxylic acid groups (broad SMARTS) is 1. The maximum absolute atomic E-state index is 12.0. The minimum atomic E-state index is -1.15. The molecular weight excluding hydrogens is 258 g/mol. The molecule has 1 atom stereocenters. The Hall–Kier alpha value is -2.82. The van der Waals surface area contributed by atoms with E-state index in [2.05, 4.69) is 5.32 Å². The minimum Gasteiger partial charge on any atom is -0.508 e. The van der Waals surface area contributed by atoms with Gasteiger partial charge < -0.3 is 15.5 Å². The molecule has 102 valence electrons. The Morgan fingerprint density at radius 2 is 1.70 bits per heavy atom.